The first kappa shape index (κ1) is 12.5. The van der Waals surface area contributed by atoms with Gasteiger partial charge in [0.2, 0.25) is 0 Å². The van der Waals surface area contributed by atoms with E-state index in [9.17, 15) is 10.1 Å². The van der Waals surface area contributed by atoms with Crippen molar-refractivity contribution in [3.63, 3.8) is 0 Å². The first-order valence-electron chi connectivity index (χ1n) is 6.24. The van der Waals surface area contributed by atoms with Crippen molar-refractivity contribution in [3.05, 3.63) is 34.4 Å². The Morgan fingerprint density at radius 3 is 3.00 bits per heavy atom. The molecule has 0 spiro atoms. The number of rotatable bonds is 3. The quantitative estimate of drug-likeness (QED) is 0.655. The molecule has 18 heavy (non-hydrogen) atoms. The zero-order chi connectivity index (χ0) is 13.0. The zero-order valence-electron chi connectivity index (χ0n) is 10.4. The highest BCUT2D eigenvalue weighted by molar-refractivity contribution is 5.87. The first-order chi connectivity index (χ1) is 8.66. The summed E-state index contributed by atoms with van der Waals surface area (Å²) in [6.45, 7) is 2.17. The molecule has 1 aromatic carbocycles. The van der Waals surface area contributed by atoms with Gasteiger partial charge in [0.1, 0.15) is 0 Å². The molecule has 0 heterocycles. The molecule has 1 aromatic rings. The molecule has 0 unspecified atom stereocenters. The number of hydrazone groups is 1. The minimum absolute atomic E-state index is 0.0805. The molecule has 0 saturated heterocycles. The van der Waals surface area contributed by atoms with Crippen LogP contribution in [0.5, 0.6) is 0 Å². The minimum atomic E-state index is -0.401. The summed E-state index contributed by atoms with van der Waals surface area (Å²) in [6, 6.07) is 6.41. The van der Waals surface area contributed by atoms with Gasteiger partial charge in [-0.3, -0.25) is 15.5 Å². The van der Waals surface area contributed by atoms with Crippen LogP contribution in [0.25, 0.3) is 0 Å². The van der Waals surface area contributed by atoms with Crippen LogP contribution >= 0.6 is 0 Å². The molecule has 0 aliphatic heterocycles. The summed E-state index contributed by atoms with van der Waals surface area (Å²) in [7, 11) is 0. The van der Waals surface area contributed by atoms with Crippen molar-refractivity contribution >= 4 is 17.1 Å². The molecule has 1 aliphatic carbocycles. The second-order valence-corrected chi connectivity index (χ2v) is 4.67. The SMILES string of the molecule is C[C@@H]1CCCC/C1=N/Nc1cccc([N+](=O)[O-])c1. The van der Waals surface area contributed by atoms with E-state index in [0.717, 1.165) is 12.1 Å². The Morgan fingerprint density at radius 1 is 1.44 bits per heavy atom. The van der Waals surface area contributed by atoms with E-state index in [1.807, 2.05) is 0 Å². The minimum Gasteiger partial charge on any atom is -0.278 e. The molecule has 1 aliphatic rings. The fraction of sp³-hybridized carbons (Fsp3) is 0.462. The number of non-ortho nitro benzene ring substituents is 1. The van der Waals surface area contributed by atoms with Crippen LogP contribution in [0.15, 0.2) is 29.4 Å². The number of nitrogens with zero attached hydrogens (tertiary/aromatic N) is 2. The Bertz CT molecular complexity index is 471. The van der Waals surface area contributed by atoms with Crippen molar-refractivity contribution in [1.82, 2.24) is 0 Å². The van der Waals surface area contributed by atoms with E-state index in [-0.39, 0.29) is 5.69 Å². The van der Waals surface area contributed by atoms with Gasteiger partial charge < -0.3 is 0 Å². The second-order valence-electron chi connectivity index (χ2n) is 4.67. The number of hydrogen-bond donors (Lipinski definition) is 1. The lowest BCUT2D eigenvalue weighted by molar-refractivity contribution is -0.384. The fourth-order valence-electron chi connectivity index (χ4n) is 2.16. The molecule has 5 heteroatoms. The van der Waals surface area contributed by atoms with Gasteiger partial charge in [-0.25, -0.2) is 0 Å². The van der Waals surface area contributed by atoms with E-state index in [2.05, 4.69) is 17.5 Å². The van der Waals surface area contributed by atoms with Gasteiger partial charge in [0.15, 0.2) is 0 Å². The van der Waals surface area contributed by atoms with Crippen molar-refractivity contribution in [2.75, 3.05) is 5.43 Å². The Hall–Kier alpha value is -1.91. The van der Waals surface area contributed by atoms with Gasteiger partial charge in [0.25, 0.3) is 5.69 Å². The predicted octanol–water partition coefficient (Wildman–Crippen LogP) is 3.57. The Balaban J connectivity index is 2.07. The van der Waals surface area contributed by atoms with Crippen LogP contribution in [0, 0.1) is 16.0 Å². The third kappa shape index (κ3) is 3.06. The molecule has 5 nitrogen and oxygen atoms in total. The number of nitro groups is 1. The molecule has 0 radical (unpaired) electrons. The Kier molecular flexibility index (Phi) is 3.92. The van der Waals surface area contributed by atoms with Crippen molar-refractivity contribution in [1.29, 1.82) is 0 Å². The monoisotopic (exact) mass is 247 g/mol. The average Bonchev–Trinajstić information content (AvgIpc) is 2.38. The molecule has 2 rings (SSSR count). The van der Waals surface area contributed by atoms with E-state index < -0.39 is 4.92 Å². The highest BCUT2D eigenvalue weighted by Crippen LogP contribution is 2.22. The summed E-state index contributed by atoms with van der Waals surface area (Å²) < 4.78 is 0. The highest BCUT2D eigenvalue weighted by Gasteiger charge is 2.15. The predicted molar refractivity (Wildman–Crippen MR) is 71.8 cm³/mol. The highest BCUT2D eigenvalue weighted by atomic mass is 16.6. The lowest BCUT2D eigenvalue weighted by atomic mass is 9.89. The van der Waals surface area contributed by atoms with E-state index in [4.69, 9.17) is 0 Å². The van der Waals surface area contributed by atoms with Gasteiger partial charge in [-0.15, -0.1) is 0 Å². The molecule has 1 fully saturated rings. The smallest absolute Gasteiger partial charge is 0.271 e. The van der Waals surface area contributed by atoms with Gasteiger partial charge in [0.05, 0.1) is 10.6 Å². The summed E-state index contributed by atoms with van der Waals surface area (Å²) >= 11 is 0. The molecule has 0 aromatic heterocycles. The van der Waals surface area contributed by atoms with Crippen LogP contribution in [-0.2, 0) is 0 Å². The van der Waals surface area contributed by atoms with Crippen molar-refractivity contribution in [2.45, 2.75) is 32.6 Å². The number of hydrogen-bond acceptors (Lipinski definition) is 4. The average molecular weight is 247 g/mol. The maximum Gasteiger partial charge on any atom is 0.271 e. The molecule has 0 bridgehead atoms. The van der Waals surface area contributed by atoms with E-state index in [0.29, 0.717) is 11.6 Å². The number of nitrogens with one attached hydrogen (secondary N) is 1. The number of benzene rings is 1. The topological polar surface area (TPSA) is 67.5 Å². The fourth-order valence-corrected chi connectivity index (χ4v) is 2.16. The van der Waals surface area contributed by atoms with Crippen LogP contribution in [0.2, 0.25) is 0 Å². The maximum absolute atomic E-state index is 10.7. The van der Waals surface area contributed by atoms with E-state index in [1.54, 1.807) is 12.1 Å². The van der Waals surface area contributed by atoms with Crippen molar-refractivity contribution in [3.8, 4) is 0 Å². The normalized spacial score (nSPS) is 21.8. The molecular formula is C13H17N3O2. The van der Waals surface area contributed by atoms with Crippen molar-refractivity contribution in [2.24, 2.45) is 11.0 Å². The summed E-state index contributed by atoms with van der Waals surface area (Å²) in [6.07, 6.45) is 4.63. The molecule has 0 amide bonds. The summed E-state index contributed by atoms with van der Waals surface area (Å²) in [4.78, 5) is 10.3. The van der Waals surface area contributed by atoms with Gasteiger partial charge in [0, 0.05) is 17.8 Å². The van der Waals surface area contributed by atoms with Gasteiger partial charge in [-0.05, 0) is 31.2 Å². The second kappa shape index (κ2) is 5.62. The number of anilines is 1. The summed E-state index contributed by atoms with van der Waals surface area (Å²) in [5, 5.41) is 15.0. The van der Waals surface area contributed by atoms with E-state index >= 15 is 0 Å². The molecule has 1 saturated carbocycles. The lowest BCUT2D eigenvalue weighted by Crippen LogP contribution is -2.17. The van der Waals surface area contributed by atoms with Gasteiger partial charge in [-0.1, -0.05) is 19.4 Å². The molecular weight excluding hydrogens is 230 g/mol. The van der Waals surface area contributed by atoms with Gasteiger partial charge in [-0.2, -0.15) is 5.10 Å². The lowest BCUT2D eigenvalue weighted by Gasteiger charge is -2.19. The zero-order valence-corrected chi connectivity index (χ0v) is 10.4. The van der Waals surface area contributed by atoms with E-state index in [1.165, 1.54) is 31.4 Å². The number of nitro benzene ring substituents is 1. The van der Waals surface area contributed by atoms with Crippen molar-refractivity contribution < 1.29 is 4.92 Å². The van der Waals surface area contributed by atoms with Crippen LogP contribution in [-0.4, -0.2) is 10.6 Å². The third-order valence-corrected chi connectivity index (χ3v) is 3.27. The Labute approximate surface area is 106 Å². The van der Waals surface area contributed by atoms with Crippen LogP contribution in [0.4, 0.5) is 11.4 Å². The summed E-state index contributed by atoms with van der Waals surface area (Å²) in [5.74, 6) is 0.505. The van der Waals surface area contributed by atoms with Gasteiger partial charge >= 0.3 is 0 Å². The molecule has 96 valence electrons. The molecule has 1 N–H and O–H groups in total. The molecule has 1 atom stereocenters. The third-order valence-electron chi connectivity index (χ3n) is 3.27. The van der Waals surface area contributed by atoms with Crippen LogP contribution in [0.1, 0.15) is 32.6 Å². The summed E-state index contributed by atoms with van der Waals surface area (Å²) in [5.41, 5.74) is 4.83. The standard InChI is InChI=1S/C13H17N3O2/c1-10-5-2-3-8-13(10)15-14-11-6-4-7-12(9-11)16(17)18/h4,6-7,9-10,14H,2-3,5,8H2,1H3/b15-13-/t10-/m1/s1. The first-order valence-corrected chi connectivity index (χ1v) is 6.24. The van der Waals surface area contributed by atoms with Crippen LogP contribution in [0.3, 0.4) is 0 Å². The van der Waals surface area contributed by atoms with Crippen LogP contribution < -0.4 is 5.43 Å². The maximum atomic E-state index is 10.7. The Morgan fingerprint density at radius 2 is 2.28 bits per heavy atom. The largest absolute Gasteiger partial charge is 0.278 e.